The van der Waals surface area contributed by atoms with Crippen molar-refractivity contribution in [1.29, 1.82) is 0 Å². The maximum atomic E-state index is 6.39. The van der Waals surface area contributed by atoms with E-state index in [-0.39, 0.29) is 12.1 Å². The highest BCUT2D eigenvalue weighted by Crippen LogP contribution is 2.26. The highest BCUT2D eigenvalue weighted by atomic mass is 32.1. The Morgan fingerprint density at radius 3 is 2.71 bits per heavy atom. The second-order valence-electron chi connectivity index (χ2n) is 5.60. The van der Waals surface area contributed by atoms with Crippen LogP contribution in [0, 0.1) is 0 Å². The summed E-state index contributed by atoms with van der Waals surface area (Å²) in [6.07, 6.45) is 5.76. The Kier molecular flexibility index (Phi) is 5.91. The third-order valence-electron chi connectivity index (χ3n) is 4.11. The number of nitrogens with two attached hydrogens (primary N) is 1. The first-order chi connectivity index (χ1) is 10.1. The van der Waals surface area contributed by atoms with Crippen LogP contribution in [0.2, 0.25) is 0 Å². The number of rotatable bonds is 7. The van der Waals surface area contributed by atoms with Gasteiger partial charge in [-0.15, -0.1) is 11.3 Å². The first-order valence-corrected chi connectivity index (χ1v) is 8.41. The summed E-state index contributed by atoms with van der Waals surface area (Å²) in [6.45, 7) is 4.41. The monoisotopic (exact) mass is 303 g/mol. The van der Waals surface area contributed by atoms with Gasteiger partial charge in [-0.1, -0.05) is 19.1 Å². The van der Waals surface area contributed by atoms with Crippen molar-refractivity contribution in [3.8, 4) is 0 Å². The van der Waals surface area contributed by atoms with E-state index in [0.717, 1.165) is 12.8 Å². The molecule has 0 aliphatic rings. The van der Waals surface area contributed by atoms with Crippen LogP contribution in [0.25, 0.3) is 0 Å². The van der Waals surface area contributed by atoms with Crippen molar-refractivity contribution in [1.82, 2.24) is 9.88 Å². The Bertz CT molecular complexity index is 512. The van der Waals surface area contributed by atoms with Crippen molar-refractivity contribution in [3.63, 3.8) is 0 Å². The molecule has 0 bridgehead atoms. The molecular formula is C17H25N3S. The van der Waals surface area contributed by atoms with Gasteiger partial charge in [0.2, 0.25) is 0 Å². The summed E-state index contributed by atoms with van der Waals surface area (Å²) in [5.74, 6) is 0. The fourth-order valence-corrected chi connectivity index (χ4v) is 3.52. The SMILES string of the molecule is CCC(N)C(c1cccnc1)N(C)C(C)Cc1cccs1. The summed E-state index contributed by atoms with van der Waals surface area (Å²) >= 11 is 1.82. The van der Waals surface area contributed by atoms with Gasteiger partial charge in [-0.3, -0.25) is 9.88 Å². The molecule has 0 fully saturated rings. The van der Waals surface area contributed by atoms with E-state index in [1.54, 1.807) is 0 Å². The molecule has 0 aliphatic heterocycles. The highest BCUT2D eigenvalue weighted by molar-refractivity contribution is 7.09. The lowest BCUT2D eigenvalue weighted by Gasteiger charge is -2.36. The third-order valence-corrected chi connectivity index (χ3v) is 5.01. The lowest BCUT2D eigenvalue weighted by atomic mass is 9.96. The van der Waals surface area contributed by atoms with Gasteiger partial charge < -0.3 is 5.73 Å². The minimum atomic E-state index is 0.116. The van der Waals surface area contributed by atoms with E-state index in [0.29, 0.717) is 6.04 Å². The van der Waals surface area contributed by atoms with Crippen LogP contribution in [0.15, 0.2) is 42.0 Å². The van der Waals surface area contributed by atoms with Gasteiger partial charge in [0.05, 0.1) is 6.04 Å². The molecule has 114 valence electrons. The molecule has 0 aliphatic carbocycles. The Morgan fingerprint density at radius 2 is 2.14 bits per heavy atom. The topological polar surface area (TPSA) is 42.1 Å². The van der Waals surface area contributed by atoms with Crippen molar-refractivity contribution in [2.75, 3.05) is 7.05 Å². The molecule has 2 N–H and O–H groups in total. The summed E-state index contributed by atoms with van der Waals surface area (Å²) < 4.78 is 0. The minimum Gasteiger partial charge on any atom is -0.326 e. The Hall–Kier alpha value is -1.23. The number of likely N-dealkylation sites (N-methyl/N-ethyl adjacent to an activating group) is 1. The maximum Gasteiger partial charge on any atom is 0.0514 e. The quantitative estimate of drug-likeness (QED) is 0.851. The third kappa shape index (κ3) is 4.13. The van der Waals surface area contributed by atoms with Crippen LogP contribution in [0.1, 0.15) is 36.8 Å². The van der Waals surface area contributed by atoms with E-state index in [1.165, 1.54) is 10.4 Å². The molecule has 2 aromatic heterocycles. The van der Waals surface area contributed by atoms with Gasteiger partial charge in [-0.05, 0) is 49.9 Å². The summed E-state index contributed by atoms with van der Waals surface area (Å²) in [7, 11) is 2.17. The zero-order valence-corrected chi connectivity index (χ0v) is 13.9. The average Bonchev–Trinajstić information content (AvgIpc) is 3.01. The van der Waals surface area contributed by atoms with Gasteiger partial charge >= 0.3 is 0 Å². The van der Waals surface area contributed by atoms with E-state index in [1.807, 2.05) is 29.8 Å². The molecule has 0 radical (unpaired) electrons. The van der Waals surface area contributed by atoms with Gasteiger partial charge in [0.1, 0.15) is 0 Å². The zero-order chi connectivity index (χ0) is 15.2. The van der Waals surface area contributed by atoms with Crippen LogP contribution in [0.4, 0.5) is 0 Å². The number of nitrogens with zero attached hydrogens (tertiary/aromatic N) is 2. The lowest BCUT2D eigenvalue weighted by Crippen LogP contribution is -2.43. The minimum absolute atomic E-state index is 0.116. The molecule has 4 heteroatoms. The molecule has 3 unspecified atom stereocenters. The zero-order valence-electron chi connectivity index (χ0n) is 13.1. The molecule has 3 atom stereocenters. The Morgan fingerprint density at radius 1 is 1.33 bits per heavy atom. The van der Waals surface area contributed by atoms with Crippen molar-refractivity contribution in [2.24, 2.45) is 5.73 Å². The normalized spacial score (nSPS) is 15.9. The van der Waals surface area contributed by atoms with Gasteiger partial charge in [-0.2, -0.15) is 0 Å². The summed E-state index contributed by atoms with van der Waals surface area (Å²) in [4.78, 5) is 8.07. The van der Waals surface area contributed by atoms with Crippen LogP contribution in [0.5, 0.6) is 0 Å². The van der Waals surface area contributed by atoms with E-state index in [2.05, 4.69) is 54.4 Å². The Labute approximate surface area is 131 Å². The number of hydrogen-bond acceptors (Lipinski definition) is 4. The smallest absolute Gasteiger partial charge is 0.0514 e. The van der Waals surface area contributed by atoms with Crippen LogP contribution in [-0.2, 0) is 6.42 Å². The fraction of sp³-hybridized carbons (Fsp3) is 0.471. The summed E-state index contributed by atoms with van der Waals surface area (Å²) in [5, 5.41) is 2.14. The standard InChI is InChI=1S/C17H25N3S/c1-4-16(18)17(14-7-5-9-19-12-14)20(3)13(2)11-15-8-6-10-21-15/h5-10,12-13,16-17H,4,11,18H2,1-3H3. The molecule has 0 saturated heterocycles. The van der Waals surface area contributed by atoms with E-state index in [4.69, 9.17) is 5.73 Å². The fourth-order valence-electron chi connectivity index (χ4n) is 2.70. The first kappa shape index (κ1) is 16.1. The van der Waals surface area contributed by atoms with Gasteiger partial charge in [0.25, 0.3) is 0 Å². The predicted octanol–water partition coefficient (Wildman–Crippen LogP) is 3.48. The summed E-state index contributed by atoms with van der Waals surface area (Å²) in [5.41, 5.74) is 7.60. The summed E-state index contributed by atoms with van der Waals surface area (Å²) in [6, 6.07) is 9.19. The molecule has 0 saturated carbocycles. The predicted molar refractivity (Wildman–Crippen MR) is 90.5 cm³/mol. The number of aromatic nitrogens is 1. The van der Waals surface area contributed by atoms with Crippen molar-refractivity contribution >= 4 is 11.3 Å². The van der Waals surface area contributed by atoms with Crippen LogP contribution >= 0.6 is 11.3 Å². The van der Waals surface area contributed by atoms with Gasteiger partial charge in [0, 0.05) is 29.4 Å². The van der Waals surface area contributed by atoms with E-state index < -0.39 is 0 Å². The largest absolute Gasteiger partial charge is 0.326 e. The van der Waals surface area contributed by atoms with Gasteiger partial charge in [0.15, 0.2) is 0 Å². The van der Waals surface area contributed by atoms with Gasteiger partial charge in [-0.25, -0.2) is 0 Å². The maximum absolute atomic E-state index is 6.39. The molecule has 2 heterocycles. The molecule has 2 aromatic rings. The molecule has 0 spiro atoms. The van der Waals surface area contributed by atoms with E-state index >= 15 is 0 Å². The second kappa shape index (κ2) is 7.69. The molecular weight excluding hydrogens is 278 g/mol. The molecule has 21 heavy (non-hydrogen) atoms. The van der Waals surface area contributed by atoms with Crippen molar-refractivity contribution in [3.05, 3.63) is 52.5 Å². The second-order valence-corrected chi connectivity index (χ2v) is 6.63. The molecule has 3 nitrogen and oxygen atoms in total. The number of pyridine rings is 1. The molecule has 0 amide bonds. The lowest BCUT2D eigenvalue weighted by molar-refractivity contribution is 0.157. The molecule has 0 aromatic carbocycles. The number of thiophene rings is 1. The van der Waals surface area contributed by atoms with Crippen molar-refractivity contribution in [2.45, 2.75) is 44.8 Å². The first-order valence-electron chi connectivity index (χ1n) is 7.53. The van der Waals surface area contributed by atoms with Crippen LogP contribution in [-0.4, -0.2) is 29.0 Å². The molecule has 2 rings (SSSR count). The van der Waals surface area contributed by atoms with Crippen LogP contribution < -0.4 is 5.73 Å². The average molecular weight is 303 g/mol. The van der Waals surface area contributed by atoms with E-state index in [9.17, 15) is 0 Å². The Balaban J connectivity index is 2.16. The van der Waals surface area contributed by atoms with Crippen molar-refractivity contribution < 1.29 is 0 Å². The highest BCUT2D eigenvalue weighted by Gasteiger charge is 2.26. The number of hydrogen-bond donors (Lipinski definition) is 1. The van der Waals surface area contributed by atoms with Crippen LogP contribution in [0.3, 0.4) is 0 Å².